The number of likely N-dealkylation sites (tertiary alicyclic amines) is 1. The Balaban J connectivity index is 1.91. The van der Waals surface area contributed by atoms with Crippen LogP contribution in [-0.2, 0) is 4.79 Å². The summed E-state index contributed by atoms with van der Waals surface area (Å²) >= 11 is 0. The summed E-state index contributed by atoms with van der Waals surface area (Å²) in [5.41, 5.74) is 6.05. The SMILES string of the molecule is CC1CC(N)CC(C(=O)N2CCCC(CCO)C2)C1. The smallest absolute Gasteiger partial charge is 0.225 e. The number of amides is 1. The van der Waals surface area contributed by atoms with E-state index in [-0.39, 0.29) is 18.6 Å². The van der Waals surface area contributed by atoms with Crippen LogP contribution in [0.4, 0.5) is 0 Å². The predicted octanol–water partition coefficient (Wildman–Crippen LogP) is 1.37. The number of nitrogens with two attached hydrogens (primary N) is 1. The maximum Gasteiger partial charge on any atom is 0.225 e. The van der Waals surface area contributed by atoms with E-state index >= 15 is 0 Å². The third kappa shape index (κ3) is 3.93. The third-order valence-corrected chi connectivity index (χ3v) is 4.70. The minimum absolute atomic E-state index is 0.131. The first-order chi connectivity index (χ1) is 9.10. The number of aliphatic hydroxyl groups is 1. The zero-order valence-corrected chi connectivity index (χ0v) is 12.1. The maximum absolute atomic E-state index is 12.6. The summed E-state index contributed by atoms with van der Waals surface area (Å²) in [7, 11) is 0. The van der Waals surface area contributed by atoms with E-state index in [4.69, 9.17) is 10.8 Å². The summed E-state index contributed by atoms with van der Waals surface area (Å²) in [5.74, 6) is 1.49. The van der Waals surface area contributed by atoms with Crippen LogP contribution in [0.3, 0.4) is 0 Å². The lowest BCUT2D eigenvalue weighted by Gasteiger charge is -2.38. The number of carbonyl (C=O) groups is 1. The van der Waals surface area contributed by atoms with Crippen molar-refractivity contribution in [1.82, 2.24) is 4.90 Å². The number of nitrogens with zero attached hydrogens (tertiary/aromatic N) is 1. The van der Waals surface area contributed by atoms with Crippen molar-refractivity contribution in [3.05, 3.63) is 0 Å². The molecular formula is C15H28N2O2. The van der Waals surface area contributed by atoms with E-state index in [1.165, 1.54) is 0 Å². The molecule has 3 N–H and O–H groups in total. The molecule has 1 saturated carbocycles. The Labute approximate surface area is 116 Å². The lowest BCUT2D eigenvalue weighted by Crippen LogP contribution is -2.46. The lowest BCUT2D eigenvalue weighted by atomic mass is 9.79. The fourth-order valence-corrected chi connectivity index (χ4v) is 3.80. The van der Waals surface area contributed by atoms with Crippen molar-refractivity contribution in [2.24, 2.45) is 23.5 Å². The zero-order valence-electron chi connectivity index (χ0n) is 12.1. The fraction of sp³-hybridized carbons (Fsp3) is 0.933. The second-order valence-corrected chi connectivity index (χ2v) is 6.57. The van der Waals surface area contributed by atoms with Gasteiger partial charge in [-0.3, -0.25) is 4.79 Å². The van der Waals surface area contributed by atoms with E-state index in [1.807, 2.05) is 4.90 Å². The largest absolute Gasteiger partial charge is 0.396 e. The van der Waals surface area contributed by atoms with E-state index in [2.05, 4.69) is 6.92 Å². The van der Waals surface area contributed by atoms with Crippen molar-refractivity contribution in [3.63, 3.8) is 0 Å². The van der Waals surface area contributed by atoms with E-state index in [0.717, 1.165) is 51.6 Å². The highest BCUT2D eigenvalue weighted by molar-refractivity contribution is 5.79. The average Bonchev–Trinajstić information content (AvgIpc) is 2.37. The van der Waals surface area contributed by atoms with Crippen molar-refractivity contribution in [3.8, 4) is 0 Å². The van der Waals surface area contributed by atoms with Gasteiger partial charge in [0.05, 0.1) is 0 Å². The van der Waals surface area contributed by atoms with Crippen LogP contribution in [0.2, 0.25) is 0 Å². The third-order valence-electron chi connectivity index (χ3n) is 4.70. The molecule has 4 unspecified atom stereocenters. The van der Waals surface area contributed by atoms with Gasteiger partial charge in [-0.2, -0.15) is 0 Å². The Morgan fingerprint density at radius 2 is 2.16 bits per heavy atom. The van der Waals surface area contributed by atoms with Gasteiger partial charge in [-0.25, -0.2) is 0 Å². The molecule has 0 spiro atoms. The molecule has 19 heavy (non-hydrogen) atoms. The topological polar surface area (TPSA) is 66.6 Å². The summed E-state index contributed by atoms with van der Waals surface area (Å²) in [4.78, 5) is 14.6. The first-order valence-corrected chi connectivity index (χ1v) is 7.75. The Morgan fingerprint density at radius 1 is 1.37 bits per heavy atom. The molecule has 0 bridgehead atoms. The molecule has 110 valence electrons. The number of carbonyl (C=O) groups excluding carboxylic acids is 1. The molecule has 1 heterocycles. The Kier molecular flexibility index (Phi) is 5.22. The van der Waals surface area contributed by atoms with Crippen LogP contribution in [0.25, 0.3) is 0 Å². The van der Waals surface area contributed by atoms with Gasteiger partial charge in [0.1, 0.15) is 0 Å². The summed E-state index contributed by atoms with van der Waals surface area (Å²) in [5, 5.41) is 9.04. The standard InChI is InChI=1S/C15H28N2O2/c1-11-7-13(9-14(16)8-11)15(19)17-5-2-3-12(10-17)4-6-18/h11-14,18H,2-10,16H2,1H3. The maximum atomic E-state index is 12.6. The van der Waals surface area contributed by atoms with Crippen LogP contribution in [0.5, 0.6) is 0 Å². The Morgan fingerprint density at radius 3 is 2.84 bits per heavy atom. The van der Waals surface area contributed by atoms with Crippen molar-refractivity contribution < 1.29 is 9.90 Å². The molecule has 4 atom stereocenters. The van der Waals surface area contributed by atoms with Crippen LogP contribution in [0.1, 0.15) is 45.4 Å². The molecular weight excluding hydrogens is 240 g/mol. The summed E-state index contributed by atoms with van der Waals surface area (Å²) < 4.78 is 0. The van der Waals surface area contributed by atoms with E-state index in [0.29, 0.717) is 17.7 Å². The molecule has 2 rings (SSSR count). The minimum Gasteiger partial charge on any atom is -0.396 e. The first-order valence-electron chi connectivity index (χ1n) is 7.75. The van der Waals surface area contributed by atoms with Gasteiger partial charge >= 0.3 is 0 Å². The van der Waals surface area contributed by atoms with Gasteiger partial charge < -0.3 is 15.7 Å². The highest BCUT2D eigenvalue weighted by atomic mass is 16.3. The van der Waals surface area contributed by atoms with E-state index in [1.54, 1.807) is 0 Å². The van der Waals surface area contributed by atoms with Crippen LogP contribution in [-0.4, -0.2) is 41.7 Å². The lowest BCUT2D eigenvalue weighted by molar-refractivity contribution is -0.139. The van der Waals surface area contributed by atoms with Crippen molar-refractivity contribution >= 4 is 5.91 Å². The average molecular weight is 268 g/mol. The molecule has 0 aromatic carbocycles. The second-order valence-electron chi connectivity index (χ2n) is 6.57. The normalized spacial score (nSPS) is 36.3. The fourth-order valence-electron chi connectivity index (χ4n) is 3.80. The van der Waals surface area contributed by atoms with Gasteiger partial charge in [0.2, 0.25) is 5.91 Å². The molecule has 1 amide bonds. The molecule has 4 heteroatoms. The quantitative estimate of drug-likeness (QED) is 0.812. The zero-order chi connectivity index (χ0) is 13.8. The summed E-state index contributed by atoms with van der Waals surface area (Å²) in [6, 6.07) is 0.190. The van der Waals surface area contributed by atoms with Gasteiger partial charge in [0.25, 0.3) is 0 Å². The molecule has 1 aliphatic heterocycles. The van der Waals surface area contributed by atoms with Gasteiger partial charge in [-0.1, -0.05) is 6.92 Å². The van der Waals surface area contributed by atoms with Gasteiger partial charge in [-0.05, 0) is 50.4 Å². The van der Waals surface area contributed by atoms with Crippen LogP contribution < -0.4 is 5.73 Å². The molecule has 2 aliphatic rings. The Hall–Kier alpha value is -0.610. The highest BCUT2D eigenvalue weighted by Gasteiger charge is 2.33. The molecule has 0 aromatic heterocycles. The van der Waals surface area contributed by atoms with E-state index < -0.39 is 0 Å². The number of piperidine rings is 1. The van der Waals surface area contributed by atoms with E-state index in [9.17, 15) is 4.79 Å². The number of aliphatic hydroxyl groups excluding tert-OH is 1. The van der Waals surface area contributed by atoms with Crippen molar-refractivity contribution in [2.75, 3.05) is 19.7 Å². The Bertz CT molecular complexity index is 297. The monoisotopic (exact) mass is 268 g/mol. The number of hydrogen-bond acceptors (Lipinski definition) is 3. The minimum atomic E-state index is 0.131. The molecule has 1 saturated heterocycles. The predicted molar refractivity (Wildman–Crippen MR) is 75.5 cm³/mol. The van der Waals surface area contributed by atoms with Crippen molar-refractivity contribution in [1.29, 1.82) is 0 Å². The number of hydrogen-bond donors (Lipinski definition) is 2. The van der Waals surface area contributed by atoms with Crippen molar-refractivity contribution in [2.45, 2.75) is 51.5 Å². The molecule has 0 aromatic rings. The van der Waals surface area contributed by atoms with Gasteiger partial charge in [0, 0.05) is 31.7 Å². The second kappa shape index (κ2) is 6.71. The highest BCUT2D eigenvalue weighted by Crippen LogP contribution is 2.31. The molecule has 0 radical (unpaired) electrons. The number of rotatable bonds is 3. The van der Waals surface area contributed by atoms with Gasteiger partial charge in [-0.15, -0.1) is 0 Å². The summed E-state index contributed by atoms with van der Waals surface area (Å²) in [6.45, 7) is 4.16. The first kappa shape index (κ1) is 14.8. The van der Waals surface area contributed by atoms with Crippen LogP contribution >= 0.6 is 0 Å². The van der Waals surface area contributed by atoms with Crippen LogP contribution in [0, 0.1) is 17.8 Å². The van der Waals surface area contributed by atoms with Crippen LogP contribution in [0.15, 0.2) is 0 Å². The summed E-state index contributed by atoms with van der Waals surface area (Å²) in [6.07, 6.45) is 5.94. The van der Waals surface area contributed by atoms with Gasteiger partial charge in [0.15, 0.2) is 0 Å². The molecule has 4 nitrogen and oxygen atoms in total. The molecule has 1 aliphatic carbocycles. The molecule has 2 fully saturated rings.